The molecule has 24 heavy (non-hydrogen) atoms. The zero-order valence-electron chi connectivity index (χ0n) is 13.3. The molecule has 128 valence electrons. The molecule has 0 aromatic carbocycles. The van der Waals surface area contributed by atoms with Crippen molar-refractivity contribution in [2.24, 2.45) is 0 Å². The van der Waals surface area contributed by atoms with Gasteiger partial charge in [-0.3, -0.25) is 9.59 Å². The number of halogens is 1. The number of aryl methyl sites for hydroxylation is 1. The Kier molecular flexibility index (Phi) is 5.63. The Balaban J connectivity index is 1.48. The number of hydrogen-bond acceptors (Lipinski definition) is 5. The zero-order valence-corrected chi connectivity index (χ0v) is 14.8. The fourth-order valence-electron chi connectivity index (χ4n) is 2.76. The Labute approximate surface area is 149 Å². The molecule has 0 bridgehead atoms. The first-order valence-corrected chi connectivity index (χ1v) is 9.29. The van der Waals surface area contributed by atoms with Gasteiger partial charge in [-0.2, -0.15) is 0 Å². The number of thiophene rings is 1. The van der Waals surface area contributed by atoms with E-state index in [4.69, 9.17) is 11.6 Å². The average Bonchev–Trinajstić information content (AvgIpc) is 3.10. The fraction of sp³-hybridized carbons (Fsp3) is 0.500. The third-order valence-electron chi connectivity index (χ3n) is 4.06. The molecule has 0 saturated carbocycles. The van der Waals surface area contributed by atoms with Crippen molar-refractivity contribution in [3.05, 3.63) is 33.0 Å². The number of hydrogen-bond donors (Lipinski definition) is 1. The summed E-state index contributed by atoms with van der Waals surface area (Å²) in [4.78, 5) is 24.5. The van der Waals surface area contributed by atoms with E-state index in [9.17, 15) is 9.59 Å². The van der Waals surface area contributed by atoms with Crippen LogP contribution in [0.15, 0.2) is 12.1 Å². The summed E-state index contributed by atoms with van der Waals surface area (Å²) < 4.78 is 2.68. The Morgan fingerprint density at radius 3 is 2.88 bits per heavy atom. The maximum atomic E-state index is 12.0. The van der Waals surface area contributed by atoms with Crippen molar-refractivity contribution in [3.8, 4) is 0 Å². The van der Waals surface area contributed by atoms with Gasteiger partial charge in [-0.1, -0.05) is 18.0 Å². The predicted molar refractivity (Wildman–Crippen MR) is 92.3 cm³/mol. The van der Waals surface area contributed by atoms with E-state index in [-0.39, 0.29) is 24.5 Å². The molecule has 0 aliphatic carbocycles. The molecule has 0 fully saturated rings. The van der Waals surface area contributed by atoms with Crippen LogP contribution in [0.25, 0.3) is 0 Å². The molecule has 0 saturated heterocycles. The molecule has 0 spiro atoms. The minimum atomic E-state index is -0.156. The Morgan fingerprint density at radius 1 is 1.21 bits per heavy atom. The molecule has 0 radical (unpaired) electrons. The highest BCUT2D eigenvalue weighted by Crippen LogP contribution is 2.22. The van der Waals surface area contributed by atoms with Gasteiger partial charge in [0, 0.05) is 25.8 Å². The fourth-order valence-corrected chi connectivity index (χ4v) is 3.77. The summed E-state index contributed by atoms with van der Waals surface area (Å²) >= 11 is 7.05. The number of amides is 1. The smallest absolute Gasteiger partial charge is 0.220 e. The first kappa shape index (κ1) is 17.1. The van der Waals surface area contributed by atoms with E-state index in [1.165, 1.54) is 17.8 Å². The lowest BCUT2D eigenvalue weighted by Gasteiger charge is -2.08. The summed E-state index contributed by atoms with van der Waals surface area (Å²) in [6.45, 7) is 1.26. The zero-order chi connectivity index (χ0) is 16.9. The maximum absolute atomic E-state index is 12.0. The second-order valence-corrected chi connectivity index (χ2v) is 7.51. The molecule has 3 heterocycles. The molecule has 0 unspecified atom stereocenters. The summed E-state index contributed by atoms with van der Waals surface area (Å²) in [7, 11) is 0. The van der Waals surface area contributed by atoms with Gasteiger partial charge in [-0.15, -0.1) is 21.5 Å². The first-order chi connectivity index (χ1) is 11.6. The number of rotatable bonds is 6. The number of nitrogens with zero attached hydrogens (tertiary/aromatic N) is 3. The minimum absolute atomic E-state index is 0.0570. The minimum Gasteiger partial charge on any atom is -0.349 e. The SMILES string of the molecule is O=C(CCC(=O)c1ccc(Cl)s1)NCc1nnc2n1CCCCC2. The van der Waals surface area contributed by atoms with Crippen LogP contribution in [0.2, 0.25) is 4.34 Å². The number of ketones is 1. The van der Waals surface area contributed by atoms with Crippen LogP contribution in [-0.4, -0.2) is 26.5 Å². The molecular formula is C16H19ClN4O2S. The highest BCUT2D eigenvalue weighted by Gasteiger charge is 2.16. The monoisotopic (exact) mass is 366 g/mol. The number of aromatic nitrogens is 3. The van der Waals surface area contributed by atoms with E-state index in [0.717, 1.165) is 37.5 Å². The number of fused-ring (bicyclic) bond motifs is 1. The van der Waals surface area contributed by atoms with Gasteiger partial charge in [0.05, 0.1) is 15.8 Å². The lowest BCUT2D eigenvalue weighted by atomic mass is 10.2. The van der Waals surface area contributed by atoms with Gasteiger partial charge in [-0.05, 0) is 25.0 Å². The molecule has 1 amide bonds. The van der Waals surface area contributed by atoms with E-state index >= 15 is 0 Å². The lowest BCUT2D eigenvalue weighted by Crippen LogP contribution is -2.25. The van der Waals surface area contributed by atoms with Crippen LogP contribution in [0.1, 0.15) is 53.4 Å². The summed E-state index contributed by atoms with van der Waals surface area (Å²) in [6.07, 6.45) is 4.74. The third kappa shape index (κ3) is 4.21. The molecule has 1 aliphatic rings. The van der Waals surface area contributed by atoms with Crippen LogP contribution in [0.4, 0.5) is 0 Å². The van der Waals surface area contributed by atoms with Gasteiger partial charge >= 0.3 is 0 Å². The van der Waals surface area contributed by atoms with Crippen LogP contribution in [-0.2, 0) is 24.3 Å². The second kappa shape index (κ2) is 7.90. The van der Waals surface area contributed by atoms with Crippen LogP contribution < -0.4 is 5.32 Å². The Hall–Kier alpha value is -1.73. The number of carbonyl (C=O) groups is 2. The topological polar surface area (TPSA) is 76.9 Å². The lowest BCUT2D eigenvalue weighted by molar-refractivity contribution is -0.121. The quantitative estimate of drug-likeness (QED) is 0.797. The van der Waals surface area contributed by atoms with Gasteiger partial charge < -0.3 is 9.88 Å². The molecular weight excluding hydrogens is 348 g/mol. The molecule has 1 N–H and O–H groups in total. The number of Topliss-reactive ketones (excluding diaryl/α,β-unsaturated/α-hetero) is 1. The summed E-state index contributed by atoms with van der Waals surface area (Å²) in [5, 5.41) is 11.2. The Morgan fingerprint density at radius 2 is 2.08 bits per heavy atom. The average molecular weight is 367 g/mol. The van der Waals surface area contributed by atoms with E-state index in [1.54, 1.807) is 12.1 Å². The van der Waals surface area contributed by atoms with Crippen molar-refractivity contribution in [2.75, 3.05) is 0 Å². The van der Waals surface area contributed by atoms with Crippen LogP contribution in [0, 0.1) is 0 Å². The molecule has 6 nitrogen and oxygen atoms in total. The highest BCUT2D eigenvalue weighted by molar-refractivity contribution is 7.18. The van der Waals surface area contributed by atoms with Gasteiger partial charge in [0.1, 0.15) is 5.82 Å². The predicted octanol–water partition coefficient (Wildman–Crippen LogP) is 3.00. The van der Waals surface area contributed by atoms with Gasteiger partial charge in [0.25, 0.3) is 0 Å². The molecule has 2 aromatic heterocycles. The van der Waals surface area contributed by atoms with Crippen LogP contribution >= 0.6 is 22.9 Å². The van der Waals surface area contributed by atoms with Crippen molar-refractivity contribution in [3.63, 3.8) is 0 Å². The maximum Gasteiger partial charge on any atom is 0.220 e. The van der Waals surface area contributed by atoms with E-state index in [2.05, 4.69) is 20.1 Å². The molecule has 3 rings (SSSR count). The van der Waals surface area contributed by atoms with Gasteiger partial charge in [0.2, 0.25) is 5.91 Å². The summed E-state index contributed by atoms with van der Waals surface area (Å²) in [5.41, 5.74) is 0. The number of carbonyl (C=O) groups excluding carboxylic acids is 2. The van der Waals surface area contributed by atoms with E-state index < -0.39 is 0 Å². The van der Waals surface area contributed by atoms with Crippen molar-refractivity contribution in [2.45, 2.75) is 51.6 Å². The molecule has 0 atom stereocenters. The largest absolute Gasteiger partial charge is 0.349 e. The van der Waals surface area contributed by atoms with Crippen molar-refractivity contribution in [1.82, 2.24) is 20.1 Å². The van der Waals surface area contributed by atoms with Crippen LogP contribution in [0.5, 0.6) is 0 Å². The van der Waals surface area contributed by atoms with Gasteiger partial charge in [0.15, 0.2) is 11.6 Å². The van der Waals surface area contributed by atoms with E-state index in [1.807, 2.05) is 0 Å². The van der Waals surface area contributed by atoms with E-state index in [0.29, 0.717) is 15.8 Å². The van der Waals surface area contributed by atoms with Crippen molar-refractivity contribution >= 4 is 34.6 Å². The molecule has 1 aliphatic heterocycles. The molecule has 2 aromatic rings. The normalized spacial score (nSPS) is 14.0. The third-order valence-corrected chi connectivity index (χ3v) is 5.33. The van der Waals surface area contributed by atoms with Gasteiger partial charge in [-0.25, -0.2) is 0 Å². The Bertz CT molecular complexity index is 740. The van der Waals surface area contributed by atoms with Crippen molar-refractivity contribution in [1.29, 1.82) is 0 Å². The summed E-state index contributed by atoms with van der Waals surface area (Å²) in [5.74, 6) is 1.58. The standard InChI is InChI=1S/C16H19ClN4O2S/c17-13-7-6-12(24-13)11(22)5-8-16(23)18-10-15-20-19-14-4-2-1-3-9-21(14)15/h6-7H,1-5,8-10H2,(H,18,23). The second-order valence-electron chi connectivity index (χ2n) is 5.80. The number of nitrogens with one attached hydrogen (secondary N) is 1. The van der Waals surface area contributed by atoms with Crippen molar-refractivity contribution < 1.29 is 9.59 Å². The highest BCUT2D eigenvalue weighted by atomic mass is 35.5. The first-order valence-electron chi connectivity index (χ1n) is 8.09. The van der Waals surface area contributed by atoms with Crippen LogP contribution in [0.3, 0.4) is 0 Å². The molecule has 8 heteroatoms. The summed E-state index contributed by atoms with van der Waals surface area (Å²) in [6, 6.07) is 3.38.